The zero-order valence-corrected chi connectivity index (χ0v) is 13.0. The minimum atomic E-state index is 0.127. The average molecular weight is 294 g/mol. The molecule has 0 spiro atoms. The molecule has 2 heterocycles. The van der Waals surface area contributed by atoms with E-state index in [9.17, 15) is 4.79 Å². The van der Waals surface area contributed by atoms with E-state index in [1.165, 1.54) is 0 Å². The van der Waals surface area contributed by atoms with Crippen molar-refractivity contribution in [2.24, 2.45) is 11.7 Å². The zero-order valence-electron chi connectivity index (χ0n) is 13.0. The van der Waals surface area contributed by atoms with Crippen molar-refractivity contribution in [3.63, 3.8) is 0 Å². The maximum Gasteiger partial charge on any atom is 0.215 e. The van der Waals surface area contributed by atoms with Crippen LogP contribution in [0.3, 0.4) is 0 Å². The molecule has 0 aromatic carbocycles. The van der Waals surface area contributed by atoms with Gasteiger partial charge in [0.1, 0.15) is 5.82 Å². The van der Waals surface area contributed by atoms with Crippen LogP contribution in [0.15, 0.2) is 6.07 Å². The van der Waals surface area contributed by atoms with E-state index in [0.29, 0.717) is 5.92 Å². The van der Waals surface area contributed by atoms with E-state index in [2.05, 4.69) is 5.10 Å². The maximum atomic E-state index is 11.0. The van der Waals surface area contributed by atoms with Gasteiger partial charge in [-0.15, -0.1) is 0 Å². The monoisotopic (exact) mass is 294 g/mol. The lowest BCUT2D eigenvalue weighted by molar-refractivity contribution is -0.107. The number of amides is 1. The molecule has 6 nitrogen and oxygen atoms in total. The largest absolute Gasteiger partial charge is 0.381 e. The molecule has 2 N–H and O–H groups in total. The van der Waals surface area contributed by atoms with Crippen molar-refractivity contribution < 1.29 is 9.53 Å². The van der Waals surface area contributed by atoms with Gasteiger partial charge in [-0.05, 0) is 38.5 Å². The van der Waals surface area contributed by atoms with Crippen molar-refractivity contribution in [3.8, 4) is 0 Å². The van der Waals surface area contributed by atoms with Crippen LogP contribution in [0.1, 0.15) is 31.9 Å². The van der Waals surface area contributed by atoms with Gasteiger partial charge < -0.3 is 15.4 Å². The Balaban J connectivity index is 2.08. The predicted octanol–water partition coefficient (Wildman–Crippen LogP) is 1.18. The molecule has 1 fully saturated rings. The zero-order chi connectivity index (χ0) is 15.2. The number of anilines is 1. The fourth-order valence-corrected chi connectivity index (χ4v) is 2.63. The standard InChI is InChI=1S/C15H26N4O2/c1-12(16)3-6-19-15(18(2)11-20)10-14(17-19)9-13-4-7-21-8-5-13/h10-13H,3-9,16H2,1-2H3. The minimum absolute atomic E-state index is 0.127. The number of nitrogens with zero attached hydrogens (tertiary/aromatic N) is 3. The van der Waals surface area contributed by atoms with Crippen LogP contribution in [0.2, 0.25) is 0 Å². The maximum absolute atomic E-state index is 11.0. The molecular weight excluding hydrogens is 268 g/mol. The third kappa shape index (κ3) is 4.54. The van der Waals surface area contributed by atoms with Gasteiger partial charge in [-0.25, -0.2) is 4.68 Å². The number of aromatic nitrogens is 2. The van der Waals surface area contributed by atoms with Crippen LogP contribution in [0.25, 0.3) is 0 Å². The topological polar surface area (TPSA) is 73.4 Å². The molecule has 1 saturated heterocycles. The van der Waals surface area contributed by atoms with Crippen molar-refractivity contribution in [2.45, 2.75) is 45.2 Å². The first-order valence-corrected chi connectivity index (χ1v) is 7.68. The van der Waals surface area contributed by atoms with E-state index in [-0.39, 0.29) is 6.04 Å². The lowest BCUT2D eigenvalue weighted by Gasteiger charge is -2.20. The van der Waals surface area contributed by atoms with Gasteiger partial charge in [0, 0.05) is 38.9 Å². The summed E-state index contributed by atoms with van der Waals surface area (Å²) in [6.45, 7) is 4.41. The molecule has 1 aliphatic rings. The minimum Gasteiger partial charge on any atom is -0.381 e. The Bertz CT molecular complexity index is 453. The third-order valence-electron chi connectivity index (χ3n) is 3.96. The first-order valence-electron chi connectivity index (χ1n) is 7.68. The summed E-state index contributed by atoms with van der Waals surface area (Å²) in [6, 6.07) is 2.15. The molecule has 1 aliphatic heterocycles. The predicted molar refractivity (Wildman–Crippen MR) is 82.2 cm³/mol. The second kappa shape index (κ2) is 7.56. The highest BCUT2D eigenvalue weighted by atomic mass is 16.5. The molecule has 21 heavy (non-hydrogen) atoms. The van der Waals surface area contributed by atoms with Crippen LogP contribution in [0.4, 0.5) is 5.82 Å². The smallest absolute Gasteiger partial charge is 0.215 e. The van der Waals surface area contributed by atoms with E-state index in [0.717, 1.165) is 63.4 Å². The van der Waals surface area contributed by atoms with Crippen molar-refractivity contribution in [1.29, 1.82) is 0 Å². The Morgan fingerprint density at radius 1 is 1.57 bits per heavy atom. The summed E-state index contributed by atoms with van der Waals surface area (Å²) in [5.74, 6) is 1.47. The highest BCUT2D eigenvalue weighted by molar-refractivity contribution is 5.72. The van der Waals surface area contributed by atoms with Gasteiger partial charge in [0.05, 0.1) is 5.69 Å². The van der Waals surface area contributed by atoms with Gasteiger partial charge in [0.2, 0.25) is 6.41 Å². The number of nitrogens with two attached hydrogens (primary N) is 1. The average Bonchev–Trinajstić information content (AvgIpc) is 2.88. The molecule has 1 aromatic heterocycles. The molecule has 1 amide bonds. The number of hydrogen-bond donors (Lipinski definition) is 1. The third-order valence-corrected chi connectivity index (χ3v) is 3.96. The lowest BCUT2D eigenvalue weighted by Crippen LogP contribution is -2.22. The van der Waals surface area contributed by atoms with E-state index in [4.69, 9.17) is 10.5 Å². The summed E-state index contributed by atoms with van der Waals surface area (Å²) in [5.41, 5.74) is 6.87. The van der Waals surface area contributed by atoms with E-state index >= 15 is 0 Å². The van der Waals surface area contributed by atoms with Gasteiger partial charge >= 0.3 is 0 Å². The van der Waals surface area contributed by atoms with Crippen LogP contribution in [0, 0.1) is 5.92 Å². The number of carbonyl (C=O) groups is 1. The summed E-state index contributed by atoms with van der Waals surface area (Å²) in [7, 11) is 1.75. The molecule has 0 radical (unpaired) electrons. The molecule has 0 bridgehead atoms. The summed E-state index contributed by atoms with van der Waals surface area (Å²) >= 11 is 0. The van der Waals surface area contributed by atoms with E-state index in [1.807, 2.05) is 17.7 Å². The Labute approximate surface area is 126 Å². The van der Waals surface area contributed by atoms with Gasteiger partial charge in [0.25, 0.3) is 0 Å². The molecule has 2 rings (SSSR count). The van der Waals surface area contributed by atoms with Gasteiger partial charge in [0.15, 0.2) is 0 Å². The van der Waals surface area contributed by atoms with Crippen LogP contribution >= 0.6 is 0 Å². The number of carbonyl (C=O) groups excluding carboxylic acids is 1. The molecule has 6 heteroatoms. The van der Waals surface area contributed by atoms with Crippen LogP contribution in [-0.2, 0) is 22.5 Å². The molecule has 1 unspecified atom stereocenters. The molecule has 118 valence electrons. The van der Waals surface area contributed by atoms with E-state index < -0.39 is 0 Å². The Hall–Kier alpha value is -1.40. The van der Waals surface area contributed by atoms with Crippen LogP contribution in [0.5, 0.6) is 0 Å². The fraction of sp³-hybridized carbons (Fsp3) is 0.733. The lowest BCUT2D eigenvalue weighted by atomic mass is 9.95. The molecule has 1 atom stereocenters. The normalized spacial score (nSPS) is 17.7. The Morgan fingerprint density at radius 2 is 2.29 bits per heavy atom. The van der Waals surface area contributed by atoms with Crippen molar-refractivity contribution in [1.82, 2.24) is 9.78 Å². The first-order chi connectivity index (χ1) is 10.1. The van der Waals surface area contributed by atoms with E-state index in [1.54, 1.807) is 11.9 Å². The SMILES string of the molecule is CC(N)CCn1nc(CC2CCOCC2)cc1N(C)C=O. The quantitative estimate of drug-likeness (QED) is 0.766. The first kappa shape index (κ1) is 16.0. The van der Waals surface area contributed by atoms with Crippen LogP contribution < -0.4 is 10.6 Å². The molecular formula is C15H26N4O2. The highest BCUT2D eigenvalue weighted by Crippen LogP contribution is 2.22. The molecule has 1 aromatic rings. The van der Waals surface area contributed by atoms with Gasteiger partial charge in [-0.3, -0.25) is 4.79 Å². The highest BCUT2D eigenvalue weighted by Gasteiger charge is 2.18. The van der Waals surface area contributed by atoms with Crippen molar-refractivity contribution in [2.75, 3.05) is 25.2 Å². The number of ether oxygens (including phenoxy) is 1. The second-order valence-corrected chi connectivity index (χ2v) is 5.96. The van der Waals surface area contributed by atoms with Crippen molar-refractivity contribution >= 4 is 12.2 Å². The number of hydrogen-bond acceptors (Lipinski definition) is 4. The summed E-state index contributed by atoms with van der Waals surface area (Å²) in [5, 5.41) is 4.67. The fourth-order valence-electron chi connectivity index (χ4n) is 2.63. The van der Waals surface area contributed by atoms with Crippen LogP contribution in [-0.4, -0.2) is 42.5 Å². The van der Waals surface area contributed by atoms with Gasteiger partial charge in [-0.2, -0.15) is 5.10 Å². The number of aryl methyl sites for hydroxylation is 1. The second-order valence-electron chi connectivity index (χ2n) is 5.96. The summed E-state index contributed by atoms with van der Waals surface area (Å²) in [4.78, 5) is 12.6. The molecule has 0 aliphatic carbocycles. The Kier molecular flexibility index (Phi) is 5.76. The van der Waals surface area contributed by atoms with Gasteiger partial charge in [-0.1, -0.05) is 0 Å². The molecule has 0 saturated carbocycles. The summed E-state index contributed by atoms with van der Waals surface area (Å²) in [6.07, 6.45) is 4.79. The summed E-state index contributed by atoms with van der Waals surface area (Å²) < 4.78 is 7.29. The number of rotatable bonds is 7. The van der Waals surface area contributed by atoms with Crippen molar-refractivity contribution in [3.05, 3.63) is 11.8 Å². The Morgan fingerprint density at radius 3 is 2.90 bits per heavy atom.